The minimum absolute atomic E-state index is 0.157. The smallest absolute Gasteiger partial charge is 0.176 e. The molecule has 150 valence electrons. The lowest BCUT2D eigenvalue weighted by atomic mass is 10.0. The van der Waals surface area contributed by atoms with Crippen molar-refractivity contribution in [1.82, 2.24) is 9.80 Å². The van der Waals surface area contributed by atoms with Gasteiger partial charge in [-0.1, -0.05) is 48.5 Å². The van der Waals surface area contributed by atoms with E-state index in [1.165, 1.54) is 11.1 Å². The van der Waals surface area contributed by atoms with Gasteiger partial charge in [0.05, 0.1) is 13.1 Å². The van der Waals surface area contributed by atoms with E-state index in [-0.39, 0.29) is 11.6 Å². The summed E-state index contributed by atoms with van der Waals surface area (Å²) in [5.74, 6) is 0.313. The number of rotatable bonds is 11. The molecule has 0 aromatic heterocycles. The number of carbonyl (C=O) groups is 2. The minimum atomic E-state index is 0.157. The van der Waals surface area contributed by atoms with E-state index in [0.29, 0.717) is 13.1 Å². The number of carbonyl (C=O) groups excluding carboxylic acids is 2. The van der Waals surface area contributed by atoms with Crippen molar-refractivity contribution >= 4 is 11.6 Å². The summed E-state index contributed by atoms with van der Waals surface area (Å²) in [4.78, 5) is 27.9. The molecule has 0 radical (unpaired) electrons. The fourth-order valence-electron chi connectivity index (χ4n) is 3.13. The quantitative estimate of drug-likeness (QED) is 0.440. The normalized spacial score (nSPS) is 11.2. The highest BCUT2D eigenvalue weighted by Gasteiger charge is 2.08. The van der Waals surface area contributed by atoms with E-state index in [1.807, 2.05) is 62.3 Å². The van der Waals surface area contributed by atoms with Gasteiger partial charge in [0, 0.05) is 11.1 Å². The van der Waals surface area contributed by atoms with Crippen molar-refractivity contribution in [2.75, 3.05) is 41.3 Å². The van der Waals surface area contributed by atoms with Crippen LogP contribution in [-0.4, -0.2) is 62.6 Å². The summed E-state index contributed by atoms with van der Waals surface area (Å²) in [7, 11) is 7.62. The van der Waals surface area contributed by atoms with Gasteiger partial charge in [-0.15, -0.1) is 0 Å². The van der Waals surface area contributed by atoms with Crippen molar-refractivity contribution in [2.45, 2.75) is 25.7 Å². The standard InChI is InChI=1S/C24H32N2O2/c1-25(2)17-23(27)21-13-9-19(10-14-21)7-5-6-8-20-11-15-22(16-12-20)24(28)18-26(3)4/h9-16H,5-8,17-18H2,1-4H3. The maximum atomic E-state index is 12.0. The van der Waals surface area contributed by atoms with Crippen molar-refractivity contribution in [3.63, 3.8) is 0 Å². The van der Waals surface area contributed by atoms with Crippen molar-refractivity contribution in [1.29, 1.82) is 0 Å². The Labute approximate surface area is 169 Å². The first kappa shape index (κ1) is 22.0. The van der Waals surface area contributed by atoms with Gasteiger partial charge in [-0.05, 0) is 65.0 Å². The predicted octanol–water partition coefficient (Wildman–Crippen LogP) is 3.74. The highest BCUT2D eigenvalue weighted by molar-refractivity contribution is 5.98. The third-order valence-corrected chi connectivity index (χ3v) is 4.65. The molecule has 0 aliphatic rings. The van der Waals surface area contributed by atoms with E-state index in [9.17, 15) is 9.59 Å². The fraction of sp³-hybridized carbons (Fsp3) is 0.417. The molecule has 0 aliphatic heterocycles. The Kier molecular flexibility index (Phi) is 8.55. The average Bonchev–Trinajstić information content (AvgIpc) is 2.65. The van der Waals surface area contributed by atoms with E-state index in [2.05, 4.69) is 24.3 Å². The second kappa shape index (κ2) is 10.9. The highest BCUT2D eigenvalue weighted by atomic mass is 16.1. The molecule has 0 bridgehead atoms. The summed E-state index contributed by atoms with van der Waals surface area (Å²) in [6.45, 7) is 0.887. The lowest BCUT2D eigenvalue weighted by Gasteiger charge is -2.09. The third kappa shape index (κ3) is 7.37. The molecular weight excluding hydrogens is 348 g/mol. The van der Waals surface area contributed by atoms with Crippen LogP contribution in [0.5, 0.6) is 0 Å². The first-order valence-electron chi connectivity index (χ1n) is 9.89. The Balaban J connectivity index is 1.75. The molecule has 0 fully saturated rings. The van der Waals surface area contributed by atoms with Crippen LogP contribution in [0, 0.1) is 0 Å². The Morgan fingerprint density at radius 3 is 1.21 bits per heavy atom. The molecule has 4 nitrogen and oxygen atoms in total. The molecule has 2 rings (SSSR count). The highest BCUT2D eigenvalue weighted by Crippen LogP contribution is 2.12. The summed E-state index contributed by atoms with van der Waals surface area (Å²) in [5, 5.41) is 0. The number of likely N-dealkylation sites (N-methyl/N-ethyl adjacent to an activating group) is 2. The van der Waals surface area contributed by atoms with E-state index in [1.54, 1.807) is 0 Å². The number of Topliss-reactive ketones (excluding diaryl/α,β-unsaturated/α-hetero) is 2. The van der Waals surface area contributed by atoms with Crippen molar-refractivity contribution in [3.05, 3.63) is 70.8 Å². The molecule has 28 heavy (non-hydrogen) atoms. The first-order chi connectivity index (χ1) is 13.3. The molecular formula is C24H32N2O2. The summed E-state index contributed by atoms with van der Waals surface area (Å²) in [6, 6.07) is 16.0. The lowest BCUT2D eigenvalue weighted by Crippen LogP contribution is -2.21. The van der Waals surface area contributed by atoms with Gasteiger partial charge in [-0.25, -0.2) is 0 Å². The van der Waals surface area contributed by atoms with Gasteiger partial charge in [0.25, 0.3) is 0 Å². The zero-order valence-corrected chi connectivity index (χ0v) is 17.6. The fourth-order valence-corrected chi connectivity index (χ4v) is 3.13. The van der Waals surface area contributed by atoms with Crippen LogP contribution in [0.3, 0.4) is 0 Å². The Morgan fingerprint density at radius 2 is 0.929 bits per heavy atom. The van der Waals surface area contributed by atoms with Crippen LogP contribution in [0.1, 0.15) is 44.7 Å². The zero-order valence-electron chi connectivity index (χ0n) is 17.6. The van der Waals surface area contributed by atoms with Crippen LogP contribution >= 0.6 is 0 Å². The van der Waals surface area contributed by atoms with Gasteiger partial charge in [-0.2, -0.15) is 0 Å². The van der Waals surface area contributed by atoms with Crippen LogP contribution in [0.25, 0.3) is 0 Å². The second-order valence-corrected chi connectivity index (χ2v) is 7.92. The van der Waals surface area contributed by atoms with Gasteiger partial charge in [0.15, 0.2) is 11.6 Å². The molecule has 0 spiro atoms. The number of ketones is 2. The topological polar surface area (TPSA) is 40.6 Å². The molecule has 0 amide bonds. The molecule has 0 saturated carbocycles. The van der Waals surface area contributed by atoms with Gasteiger partial charge >= 0.3 is 0 Å². The molecule has 4 heteroatoms. The first-order valence-corrected chi connectivity index (χ1v) is 9.89. The summed E-state index contributed by atoms with van der Waals surface area (Å²) in [5.41, 5.74) is 4.10. The van der Waals surface area contributed by atoms with Crippen LogP contribution in [0.4, 0.5) is 0 Å². The van der Waals surface area contributed by atoms with Crippen LogP contribution in [-0.2, 0) is 12.8 Å². The number of unbranched alkanes of at least 4 members (excludes halogenated alkanes) is 1. The molecule has 2 aromatic rings. The van der Waals surface area contributed by atoms with E-state index >= 15 is 0 Å². The number of nitrogens with zero attached hydrogens (tertiary/aromatic N) is 2. The summed E-state index contributed by atoms with van der Waals surface area (Å²) in [6.07, 6.45) is 4.24. The Hall–Kier alpha value is -2.30. The molecule has 2 aromatic carbocycles. The SMILES string of the molecule is CN(C)CC(=O)c1ccc(CCCCc2ccc(C(=O)CN(C)C)cc2)cc1. The largest absolute Gasteiger partial charge is 0.302 e. The van der Waals surface area contributed by atoms with Gasteiger partial charge in [0.2, 0.25) is 0 Å². The van der Waals surface area contributed by atoms with Crippen molar-refractivity contribution in [3.8, 4) is 0 Å². The van der Waals surface area contributed by atoms with Crippen LogP contribution < -0.4 is 0 Å². The predicted molar refractivity (Wildman–Crippen MR) is 115 cm³/mol. The van der Waals surface area contributed by atoms with Gasteiger partial charge in [0.1, 0.15) is 0 Å². The number of aryl methyl sites for hydroxylation is 2. The maximum absolute atomic E-state index is 12.0. The molecule has 0 N–H and O–H groups in total. The minimum Gasteiger partial charge on any atom is -0.302 e. The van der Waals surface area contributed by atoms with Crippen molar-refractivity contribution in [2.24, 2.45) is 0 Å². The van der Waals surface area contributed by atoms with Gasteiger partial charge in [-0.3, -0.25) is 9.59 Å². The van der Waals surface area contributed by atoms with E-state index < -0.39 is 0 Å². The lowest BCUT2D eigenvalue weighted by molar-refractivity contribution is 0.0949. The monoisotopic (exact) mass is 380 g/mol. The second-order valence-electron chi connectivity index (χ2n) is 7.92. The van der Waals surface area contributed by atoms with E-state index in [0.717, 1.165) is 36.8 Å². The average molecular weight is 381 g/mol. The van der Waals surface area contributed by atoms with Crippen LogP contribution in [0.2, 0.25) is 0 Å². The third-order valence-electron chi connectivity index (χ3n) is 4.65. The Bertz CT molecular complexity index is 695. The summed E-state index contributed by atoms with van der Waals surface area (Å²) < 4.78 is 0. The van der Waals surface area contributed by atoms with Crippen LogP contribution in [0.15, 0.2) is 48.5 Å². The molecule has 0 aliphatic carbocycles. The molecule has 0 unspecified atom stereocenters. The van der Waals surface area contributed by atoms with Gasteiger partial charge < -0.3 is 9.80 Å². The van der Waals surface area contributed by atoms with Crippen molar-refractivity contribution < 1.29 is 9.59 Å². The van der Waals surface area contributed by atoms with E-state index in [4.69, 9.17) is 0 Å². The summed E-state index contributed by atoms with van der Waals surface area (Å²) >= 11 is 0. The molecule has 0 saturated heterocycles. The number of hydrogen-bond acceptors (Lipinski definition) is 4. The Morgan fingerprint density at radius 1 is 0.607 bits per heavy atom. The molecule has 0 heterocycles. The zero-order chi connectivity index (χ0) is 20.5. The molecule has 0 atom stereocenters. The number of benzene rings is 2. The number of hydrogen-bond donors (Lipinski definition) is 0. The maximum Gasteiger partial charge on any atom is 0.176 e.